The number of hydrogen-bond donors (Lipinski definition) is 1. The van der Waals surface area contributed by atoms with Gasteiger partial charge in [0.05, 0.1) is 13.2 Å². The van der Waals surface area contributed by atoms with Gasteiger partial charge in [0.15, 0.2) is 0 Å². The van der Waals surface area contributed by atoms with Crippen molar-refractivity contribution in [1.29, 1.82) is 0 Å². The predicted molar refractivity (Wildman–Crippen MR) is 110 cm³/mol. The Morgan fingerprint density at radius 1 is 1.19 bits per heavy atom. The van der Waals surface area contributed by atoms with Crippen LogP contribution in [0.3, 0.4) is 0 Å². The topological polar surface area (TPSA) is 93.1 Å². The van der Waals surface area contributed by atoms with E-state index >= 15 is 0 Å². The molecule has 0 radical (unpaired) electrons. The van der Waals surface area contributed by atoms with Gasteiger partial charge in [0.25, 0.3) is 0 Å². The van der Waals surface area contributed by atoms with Crippen LogP contribution in [0.5, 0.6) is 0 Å². The first-order chi connectivity index (χ1) is 15.2. The van der Waals surface area contributed by atoms with Crippen molar-refractivity contribution in [2.45, 2.75) is 30.2 Å². The summed E-state index contributed by atoms with van der Waals surface area (Å²) < 4.78 is 67.8. The lowest BCUT2D eigenvalue weighted by Gasteiger charge is -2.41. The molecule has 0 aliphatic carbocycles. The summed E-state index contributed by atoms with van der Waals surface area (Å²) in [7, 11) is -3.76. The van der Waals surface area contributed by atoms with Crippen LogP contribution in [0.4, 0.5) is 8.78 Å². The molecule has 4 rings (SSSR count). The van der Waals surface area contributed by atoms with Crippen molar-refractivity contribution in [3.8, 4) is 0 Å². The van der Waals surface area contributed by atoms with Crippen LogP contribution in [0.25, 0.3) is 0 Å². The van der Waals surface area contributed by atoms with Gasteiger partial charge in [-0.15, -0.1) is 0 Å². The summed E-state index contributed by atoms with van der Waals surface area (Å²) in [5.74, 6) is -2.83. The summed E-state index contributed by atoms with van der Waals surface area (Å²) in [5.41, 5.74) is -0.953. The number of benzene rings is 2. The van der Waals surface area contributed by atoms with Crippen LogP contribution < -0.4 is 0 Å². The Morgan fingerprint density at radius 3 is 2.53 bits per heavy atom. The fourth-order valence-electron chi connectivity index (χ4n) is 4.14. The second kappa shape index (κ2) is 8.86. The maximum Gasteiger partial charge on any atom is 0.329 e. The van der Waals surface area contributed by atoms with Crippen LogP contribution in [0.1, 0.15) is 34.8 Å². The lowest BCUT2D eigenvalue weighted by atomic mass is 9.90. The molecule has 0 bridgehead atoms. The van der Waals surface area contributed by atoms with Gasteiger partial charge in [0, 0.05) is 24.2 Å². The Hall–Kier alpha value is -2.40. The van der Waals surface area contributed by atoms with Gasteiger partial charge in [0.2, 0.25) is 10.0 Å². The van der Waals surface area contributed by atoms with E-state index in [1.54, 1.807) is 30.3 Å². The third-order valence-corrected chi connectivity index (χ3v) is 8.14. The van der Waals surface area contributed by atoms with Gasteiger partial charge in [-0.05, 0) is 30.5 Å². The van der Waals surface area contributed by atoms with Crippen molar-refractivity contribution in [2.75, 3.05) is 26.4 Å². The standard InChI is InChI=1S/C22H23F2NO6S/c23-18-10-17(22(13-30-14-22)31-12-21(26)27)19(24)9-16(18)11-25-8-4-7-20(32(25,28)29)15-5-2-1-3-6-15/h1-3,5-6,9-10,20H,4,7-8,11-14H2,(H,26,27)/t20-/m1/s1. The highest BCUT2D eigenvalue weighted by Gasteiger charge is 2.45. The van der Waals surface area contributed by atoms with Crippen molar-refractivity contribution in [3.05, 3.63) is 70.8 Å². The highest BCUT2D eigenvalue weighted by molar-refractivity contribution is 7.89. The maximum atomic E-state index is 14.9. The highest BCUT2D eigenvalue weighted by Crippen LogP contribution is 2.38. The summed E-state index contributed by atoms with van der Waals surface area (Å²) >= 11 is 0. The monoisotopic (exact) mass is 467 g/mol. The van der Waals surface area contributed by atoms with E-state index in [1.807, 2.05) is 0 Å². The minimum Gasteiger partial charge on any atom is -0.480 e. The van der Waals surface area contributed by atoms with E-state index in [0.717, 1.165) is 12.1 Å². The number of ether oxygens (including phenoxy) is 2. The van der Waals surface area contributed by atoms with Crippen LogP contribution in [-0.2, 0) is 36.4 Å². The number of rotatable bonds is 7. The van der Waals surface area contributed by atoms with Crippen molar-refractivity contribution < 1.29 is 36.6 Å². The summed E-state index contributed by atoms with van der Waals surface area (Å²) in [6.07, 6.45) is 1.06. The van der Waals surface area contributed by atoms with Gasteiger partial charge < -0.3 is 14.6 Å². The van der Waals surface area contributed by atoms with E-state index in [-0.39, 0.29) is 37.4 Å². The van der Waals surface area contributed by atoms with Gasteiger partial charge >= 0.3 is 5.97 Å². The van der Waals surface area contributed by atoms with Gasteiger partial charge in [0.1, 0.15) is 29.1 Å². The molecule has 2 fully saturated rings. The number of nitrogens with zero attached hydrogens (tertiary/aromatic N) is 1. The zero-order valence-electron chi connectivity index (χ0n) is 17.2. The predicted octanol–water partition coefficient (Wildman–Crippen LogP) is 2.96. The molecule has 1 atom stereocenters. The molecule has 2 aliphatic rings. The third-order valence-electron chi connectivity index (χ3n) is 5.88. The van der Waals surface area contributed by atoms with Crippen molar-refractivity contribution in [1.82, 2.24) is 4.31 Å². The van der Waals surface area contributed by atoms with Crippen LogP contribution in [0.15, 0.2) is 42.5 Å². The quantitative estimate of drug-likeness (QED) is 0.673. The second-order valence-electron chi connectivity index (χ2n) is 8.01. The van der Waals surface area contributed by atoms with Crippen molar-refractivity contribution in [2.24, 2.45) is 0 Å². The Balaban J connectivity index is 1.58. The zero-order chi connectivity index (χ0) is 22.9. The summed E-state index contributed by atoms with van der Waals surface area (Å²) in [6, 6.07) is 10.7. The highest BCUT2D eigenvalue weighted by atomic mass is 32.2. The lowest BCUT2D eigenvalue weighted by molar-refractivity contribution is -0.221. The van der Waals surface area contributed by atoms with E-state index in [4.69, 9.17) is 14.6 Å². The number of carbonyl (C=O) groups is 1. The molecule has 2 heterocycles. The number of sulfonamides is 1. The number of carboxylic acids is 1. The molecule has 172 valence electrons. The first kappa shape index (κ1) is 22.8. The molecule has 0 unspecified atom stereocenters. The molecule has 0 amide bonds. The molecule has 10 heteroatoms. The Bertz CT molecular complexity index is 1100. The fourth-order valence-corrected chi connectivity index (χ4v) is 6.16. The molecule has 32 heavy (non-hydrogen) atoms. The van der Waals surface area contributed by atoms with Crippen LogP contribution in [0, 0.1) is 11.6 Å². The molecular formula is C22H23F2NO6S. The third kappa shape index (κ3) is 4.27. The van der Waals surface area contributed by atoms with Crippen molar-refractivity contribution >= 4 is 16.0 Å². The van der Waals surface area contributed by atoms with Crippen LogP contribution >= 0.6 is 0 Å². The van der Waals surface area contributed by atoms with Gasteiger partial charge in [-0.25, -0.2) is 22.0 Å². The van der Waals surface area contributed by atoms with Gasteiger partial charge in [-0.3, -0.25) is 0 Å². The minimum absolute atomic E-state index is 0.0998. The molecule has 7 nitrogen and oxygen atoms in total. The molecule has 2 aliphatic heterocycles. The number of carboxylic acid groups (broad SMARTS) is 1. The molecular weight excluding hydrogens is 444 g/mol. The molecule has 0 saturated carbocycles. The van der Waals surface area contributed by atoms with E-state index in [1.165, 1.54) is 4.31 Å². The molecule has 1 N–H and O–H groups in total. The smallest absolute Gasteiger partial charge is 0.329 e. The lowest BCUT2D eigenvalue weighted by Crippen LogP contribution is -2.50. The Morgan fingerprint density at radius 2 is 1.91 bits per heavy atom. The normalized spacial score (nSPS) is 22.2. The summed E-state index contributed by atoms with van der Waals surface area (Å²) in [4.78, 5) is 10.8. The first-order valence-electron chi connectivity index (χ1n) is 10.2. The molecule has 2 aromatic carbocycles. The van der Waals surface area contributed by atoms with E-state index in [2.05, 4.69) is 0 Å². The molecule has 2 aromatic rings. The van der Waals surface area contributed by atoms with E-state index in [9.17, 15) is 22.0 Å². The number of aliphatic carboxylic acids is 1. The average molecular weight is 467 g/mol. The summed E-state index contributed by atoms with van der Waals surface area (Å²) in [6.45, 7) is -0.967. The molecule has 2 saturated heterocycles. The second-order valence-corrected chi connectivity index (χ2v) is 10.1. The SMILES string of the molecule is O=C(O)COC1(c2cc(F)c(CN3CCC[C@H](c4ccccc4)S3(=O)=O)cc2F)COC1. The van der Waals surface area contributed by atoms with E-state index in [0.29, 0.717) is 18.4 Å². The fraction of sp³-hybridized carbons (Fsp3) is 0.409. The minimum atomic E-state index is -3.76. The van der Waals surface area contributed by atoms with Crippen LogP contribution in [-0.4, -0.2) is 50.2 Å². The number of halogens is 2. The molecule has 0 spiro atoms. The van der Waals surface area contributed by atoms with Gasteiger partial charge in [-0.1, -0.05) is 30.3 Å². The summed E-state index contributed by atoms with van der Waals surface area (Å²) in [5, 5.41) is 8.12. The van der Waals surface area contributed by atoms with Gasteiger partial charge in [-0.2, -0.15) is 4.31 Å². The number of hydrogen-bond acceptors (Lipinski definition) is 5. The maximum absolute atomic E-state index is 14.9. The largest absolute Gasteiger partial charge is 0.480 e. The Labute approximate surface area is 184 Å². The molecule has 0 aromatic heterocycles. The van der Waals surface area contributed by atoms with E-state index < -0.39 is 45.1 Å². The Kier molecular flexibility index (Phi) is 6.30. The van der Waals surface area contributed by atoms with Crippen molar-refractivity contribution in [3.63, 3.8) is 0 Å². The first-order valence-corrected chi connectivity index (χ1v) is 11.7. The van der Waals surface area contributed by atoms with Crippen LogP contribution in [0.2, 0.25) is 0 Å². The zero-order valence-corrected chi connectivity index (χ0v) is 18.0. The average Bonchev–Trinajstić information content (AvgIpc) is 2.72.